The third-order valence-corrected chi connectivity index (χ3v) is 1.18. The molecule has 60 valence electrons. The summed E-state index contributed by atoms with van der Waals surface area (Å²) in [4.78, 5) is 7.63. The van der Waals surface area contributed by atoms with Crippen LogP contribution in [-0.2, 0) is 0 Å². The Morgan fingerprint density at radius 1 is 1.75 bits per heavy atom. The van der Waals surface area contributed by atoms with Crippen molar-refractivity contribution in [3.63, 3.8) is 0 Å². The lowest BCUT2D eigenvalue weighted by molar-refractivity contribution is 1.10. The zero-order chi connectivity index (χ0) is 8.81. The van der Waals surface area contributed by atoms with Gasteiger partial charge in [0.2, 0.25) is 5.82 Å². The van der Waals surface area contributed by atoms with E-state index in [0.29, 0.717) is 12.4 Å². The molecule has 0 atom stereocenters. The maximum atomic E-state index is 8.46. The molecule has 12 heavy (non-hydrogen) atoms. The molecule has 0 unspecified atom stereocenters. The van der Waals surface area contributed by atoms with Gasteiger partial charge in [-0.3, -0.25) is 0 Å². The van der Waals surface area contributed by atoms with Gasteiger partial charge in [0.1, 0.15) is 11.9 Å². The van der Waals surface area contributed by atoms with Crippen LogP contribution in [0, 0.1) is 11.3 Å². The van der Waals surface area contributed by atoms with E-state index < -0.39 is 0 Å². The van der Waals surface area contributed by atoms with Gasteiger partial charge in [-0.25, -0.2) is 9.97 Å². The third-order valence-electron chi connectivity index (χ3n) is 1.18. The van der Waals surface area contributed by atoms with Crippen molar-refractivity contribution in [2.24, 2.45) is 0 Å². The zero-order valence-electron chi connectivity index (χ0n) is 6.49. The van der Waals surface area contributed by atoms with Gasteiger partial charge in [-0.1, -0.05) is 6.08 Å². The Balaban J connectivity index is 2.74. The SMILES string of the molecule is C=CCNc1ccnc(C#N)n1. The molecule has 4 nitrogen and oxygen atoms in total. The highest BCUT2D eigenvalue weighted by Crippen LogP contribution is 1.99. The van der Waals surface area contributed by atoms with Gasteiger partial charge < -0.3 is 5.32 Å². The number of rotatable bonds is 3. The lowest BCUT2D eigenvalue weighted by Gasteiger charge is -1.99. The van der Waals surface area contributed by atoms with Gasteiger partial charge in [-0.05, 0) is 6.07 Å². The molecule has 1 rings (SSSR count). The summed E-state index contributed by atoms with van der Waals surface area (Å²) in [7, 11) is 0. The molecule has 1 N–H and O–H groups in total. The normalized spacial score (nSPS) is 8.58. The molecule has 0 saturated heterocycles. The van der Waals surface area contributed by atoms with Gasteiger partial charge >= 0.3 is 0 Å². The van der Waals surface area contributed by atoms with Crippen molar-refractivity contribution in [1.29, 1.82) is 5.26 Å². The maximum absolute atomic E-state index is 8.46. The number of nitrogens with one attached hydrogen (secondary N) is 1. The summed E-state index contributed by atoms with van der Waals surface area (Å²) in [6, 6.07) is 3.55. The van der Waals surface area contributed by atoms with Crippen LogP contribution >= 0.6 is 0 Å². The van der Waals surface area contributed by atoms with Crippen molar-refractivity contribution in [1.82, 2.24) is 9.97 Å². The summed E-state index contributed by atoms with van der Waals surface area (Å²) in [5, 5.41) is 11.4. The fraction of sp³-hybridized carbons (Fsp3) is 0.125. The molecule has 0 aliphatic rings. The van der Waals surface area contributed by atoms with Crippen molar-refractivity contribution < 1.29 is 0 Å². The van der Waals surface area contributed by atoms with Gasteiger partial charge in [0.25, 0.3) is 0 Å². The van der Waals surface area contributed by atoms with E-state index in [1.807, 2.05) is 6.07 Å². The molecule has 1 aromatic heterocycles. The van der Waals surface area contributed by atoms with Crippen molar-refractivity contribution in [3.05, 3.63) is 30.7 Å². The average Bonchev–Trinajstić information content (AvgIpc) is 2.15. The monoisotopic (exact) mass is 160 g/mol. The molecule has 1 heterocycles. The Kier molecular flexibility index (Phi) is 2.79. The molecule has 0 amide bonds. The largest absolute Gasteiger partial charge is 0.366 e. The van der Waals surface area contributed by atoms with Crippen molar-refractivity contribution in [3.8, 4) is 6.07 Å². The quantitative estimate of drug-likeness (QED) is 0.668. The average molecular weight is 160 g/mol. The number of aromatic nitrogens is 2. The van der Waals surface area contributed by atoms with Gasteiger partial charge in [0, 0.05) is 12.7 Å². The van der Waals surface area contributed by atoms with Gasteiger partial charge in [-0.2, -0.15) is 5.26 Å². The smallest absolute Gasteiger partial charge is 0.234 e. The van der Waals surface area contributed by atoms with Crippen molar-refractivity contribution in [2.75, 3.05) is 11.9 Å². The summed E-state index contributed by atoms with van der Waals surface area (Å²) >= 11 is 0. The summed E-state index contributed by atoms with van der Waals surface area (Å²) in [6.45, 7) is 4.17. The summed E-state index contributed by atoms with van der Waals surface area (Å²) in [6.07, 6.45) is 3.26. The standard InChI is InChI=1S/C8H8N4/c1-2-4-10-7-3-5-11-8(6-9)12-7/h2-3,5H,1,4H2,(H,10,11,12). The second-order valence-electron chi connectivity index (χ2n) is 2.05. The molecule has 0 aliphatic heterocycles. The fourth-order valence-corrected chi connectivity index (χ4v) is 0.688. The minimum atomic E-state index is 0.170. The molecule has 0 fully saturated rings. The summed E-state index contributed by atoms with van der Waals surface area (Å²) < 4.78 is 0. The minimum Gasteiger partial charge on any atom is -0.366 e. The van der Waals surface area contributed by atoms with Crippen LogP contribution in [0.25, 0.3) is 0 Å². The van der Waals surface area contributed by atoms with Crippen LogP contribution < -0.4 is 5.32 Å². The molecule has 4 heteroatoms. The predicted molar refractivity (Wildman–Crippen MR) is 45.4 cm³/mol. The third kappa shape index (κ3) is 2.06. The Labute approximate surface area is 70.6 Å². The van der Waals surface area contributed by atoms with Crippen LogP contribution in [0.4, 0.5) is 5.82 Å². The van der Waals surface area contributed by atoms with E-state index in [1.165, 1.54) is 6.20 Å². The number of hydrogen-bond acceptors (Lipinski definition) is 4. The highest BCUT2D eigenvalue weighted by molar-refractivity contribution is 5.35. The summed E-state index contributed by atoms with van der Waals surface area (Å²) in [5.41, 5.74) is 0. The van der Waals surface area contributed by atoms with Crippen LogP contribution in [0.3, 0.4) is 0 Å². The van der Waals surface area contributed by atoms with Gasteiger partial charge in [-0.15, -0.1) is 6.58 Å². The second-order valence-corrected chi connectivity index (χ2v) is 2.05. The first-order valence-corrected chi connectivity index (χ1v) is 3.44. The molecule has 0 spiro atoms. The van der Waals surface area contributed by atoms with E-state index in [9.17, 15) is 0 Å². The molecule has 0 aromatic carbocycles. The van der Waals surface area contributed by atoms with Crippen LogP contribution in [-0.4, -0.2) is 16.5 Å². The Hall–Kier alpha value is -1.89. The summed E-state index contributed by atoms with van der Waals surface area (Å²) in [5.74, 6) is 0.811. The number of nitrogens with zero attached hydrogens (tertiary/aromatic N) is 3. The van der Waals surface area contributed by atoms with Crippen LogP contribution in [0.2, 0.25) is 0 Å². The number of anilines is 1. The van der Waals surface area contributed by atoms with E-state index >= 15 is 0 Å². The molecule has 0 saturated carbocycles. The molecular weight excluding hydrogens is 152 g/mol. The van der Waals surface area contributed by atoms with Crippen LogP contribution in [0.5, 0.6) is 0 Å². The molecule has 0 bridgehead atoms. The fourth-order valence-electron chi connectivity index (χ4n) is 0.688. The predicted octanol–water partition coefficient (Wildman–Crippen LogP) is 0.946. The molecule has 0 radical (unpaired) electrons. The molecular formula is C8H8N4. The van der Waals surface area contributed by atoms with Crippen LogP contribution in [0.1, 0.15) is 5.82 Å². The number of hydrogen-bond donors (Lipinski definition) is 1. The Morgan fingerprint density at radius 2 is 2.58 bits per heavy atom. The van der Waals surface area contributed by atoms with Crippen LogP contribution in [0.15, 0.2) is 24.9 Å². The first-order chi connectivity index (χ1) is 5.86. The van der Waals surface area contributed by atoms with Gasteiger partial charge in [0.15, 0.2) is 0 Å². The van der Waals surface area contributed by atoms with E-state index in [2.05, 4.69) is 21.9 Å². The Morgan fingerprint density at radius 3 is 3.25 bits per heavy atom. The first-order valence-electron chi connectivity index (χ1n) is 3.44. The highest BCUT2D eigenvalue weighted by Gasteiger charge is 1.94. The molecule has 1 aromatic rings. The minimum absolute atomic E-state index is 0.170. The zero-order valence-corrected chi connectivity index (χ0v) is 6.49. The van der Waals surface area contributed by atoms with E-state index in [4.69, 9.17) is 5.26 Å². The Bertz CT molecular complexity index is 313. The number of nitriles is 1. The van der Waals surface area contributed by atoms with E-state index in [0.717, 1.165) is 0 Å². The van der Waals surface area contributed by atoms with E-state index in [-0.39, 0.29) is 5.82 Å². The molecule has 0 aliphatic carbocycles. The highest BCUT2D eigenvalue weighted by atomic mass is 15.0. The van der Waals surface area contributed by atoms with Crippen molar-refractivity contribution in [2.45, 2.75) is 0 Å². The van der Waals surface area contributed by atoms with E-state index in [1.54, 1.807) is 12.1 Å². The lowest BCUT2D eigenvalue weighted by atomic mass is 10.5. The first kappa shape index (κ1) is 8.21. The topological polar surface area (TPSA) is 61.6 Å². The second kappa shape index (κ2) is 4.09. The lowest BCUT2D eigenvalue weighted by Crippen LogP contribution is -2.01. The van der Waals surface area contributed by atoms with Crippen molar-refractivity contribution >= 4 is 5.82 Å². The van der Waals surface area contributed by atoms with Gasteiger partial charge in [0.05, 0.1) is 0 Å². The maximum Gasteiger partial charge on any atom is 0.234 e.